The zero-order valence-corrected chi connectivity index (χ0v) is 18.5. The number of nitrogens with one attached hydrogen (secondary N) is 1. The zero-order valence-electron chi connectivity index (χ0n) is 17.7. The van der Waals surface area contributed by atoms with Crippen molar-refractivity contribution < 1.29 is 26.7 Å². The second-order valence-corrected chi connectivity index (χ2v) is 8.34. The fraction of sp³-hybridized carbons (Fsp3) is 0.208. The summed E-state index contributed by atoms with van der Waals surface area (Å²) in [5, 5.41) is 5.77. The van der Waals surface area contributed by atoms with E-state index in [1.807, 2.05) is 42.5 Å². The van der Waals surface area contributed by atoms with Crippen LogP contribution < -0.4 is 9.88 Å². The molecule has 0 fully saturated rings. The molecule has 3 N–H and O–H groups in total. The van der Waals surface area contributed by atoms with Gasteiger partial charge in [-0.15, -0.1) is 0 Å². The van der Waals surface area contributed by atoms with Crippen molar-refractivity contribution in [2.75, 3.05) is 6.61 Å². The van der Waals surface area contributed by atoms with Gasteiger partial charge in [-0.05, 0) is 65.4 Å². The molecule has 10 heteroatoms. The molecule has 0 unspecified atom stereocenters. The summed E-state index contributed by atoms with van der Waals surface area (Å²) in [6.07, 6.45) is -4.46. The van der Waals surface area contributed by atoms with Gasteiger partial charge in [0.15, 0.2) is 6.61 Å². The Kier molecular flexibility index (Phi) is 6.81. The maximum Gasteiger partial charge on any atom is 0.456 e. The predicted octanol–water partition coefficient (Wildman–Crippen LogP) is 6.56. The fourth-order valence-electron chi connectivity index (χ4n) is 3.42. The van der Waals surface area contributed by atoms with Gasteiger partial charge in [0.05, 0.1) is 11.0 Å². The molecule has 4 aromatic rings. The average molecular weight is 494 g/mol. The second-order valence-electron chi connectivity index (χ2n) is 7.66. The molecule has 0 spiro atoms. The van der Waals surface area contributed by atoms with E-state index in [1.54, 1.807) is 12.1 Å². The number of aromatic nitrogens is 2. The van der Waals surface area contributed by atoms with Crippen LogP contribution in [-0.4, -0.2) is 28.7 Å². The molecule has 1 heterocycles. The standard InChI is InChI=1S/C24H20F5N3OS/c25-23(26,24(27,28)29)14-33-17-9-5-15(6-10-17)7-12-22-31-19-11-8-16(13-20(19)32-22)18-3-1-2-4-21(18)34-30/h1-6,8-11,13H,7,12,14,30H2,(H,31,32). The number of hydrogen-bond acceptors (Lipinski definition) is 4. The van der Waals surface area contributed by atoms with Crippen molar-refractivity contribution in [3.8, 4) is 16.9 Å². The third-order valence-corrected chi connectivity index (χ3v) is 5.88. The summed E-state index contributed by atoms with van der Waals surface area (Å²) < 4.78 is 67.3. The second kappa shape index (κ2) is 9.63. The van der Waals surface area contributed by atoms with Crippen molar-refractivity contribution in [2.24, 2.45) is 5.14 Å². The number of nitrogens with zero attached hydrogens (tertiary/aromatic N) is 1. The van der Waals surface area contributed by atoms with E-state index < -0.39 is 18.7 Å². The topological polar surface area (TPSA) is 63.9 Å². The van der Waals surface area contributed by atoms with Gasteiger partial charge in [0.1, 0.15) is 11.6 Å². The van der Waals surface area contributed by atoms with Crippen LogP contribution in [0.5, 0.6) is 5.75 Å². The van der Waals surface area contributed by atoms with E-state index in [4.69, 9.17) is 5.14 Å². The van der Waals surface area contributed by atoms with E-state index >= 15 is 0 Å². The Hall–Kier alpha value is -3.11. The number of halogens is 5. The van der Waals surface area contributed by atoms with Gasteiger partial charge in [-0.3, -0.25) is 5.14 Å². The predicted molar refractivity (Wildman–Crippen MR) is 122 cm³/mol. The summed E-state index contributed by atoms with van der Waals surface area (Å²) in [7, 11) is 0. The van der Waals surface area contributed by atoms with Crippen molar-refractivity contribution in [3.05, 3.63) is 78.1 Å². The lowest BCUT2D eigenvalue weighted by molar-refractivity contribution is -0.290. The van der Waals surface area contributed by atoms with Crippen molar-refractivity contribution >= 4 is 23.0 Å². The molecule has 0 saturated carbocycles. The van der Waals surface area contributed by atoms with Gasteiger partial charge in [0.25, 0.3) is 0 Å². The minimum absolute atomic E-state index is 0.0557. The summed E-state index contributed by atoms with van der Waals surface area (Å²) in [6, 6.07) is 19.8. The van der Waals surface area contributed by atoms with E-state index in [9.17, 15) is 22.0 Å². The van der Waals surface area contributed by atoms with Crippen LogP contribution >= 0.6 is 11.9 Å². The largest absolute Gasteiger partial charge is 0.487 e. The van der Waals surface area contributed by atoms with Gasteiger partial charge in [0.2, 0.25) is 0 Å². The Morgan fingerprint density at radius 3 is 2.35 bits per heavy atom. The van der Waals surface area contributed by atoms with Crippen LogP contribution in [0.25, 0.3) is 22.2 Å². The Balaban J connectivity index is 1.40. The van der Waals surface area contributed by atoms with Crippen molar-refractivity contribution in [2.45, 2.75) is 29.8 Å². The molecule has 178 valence electrons. The molecule has 0 bridgehead atoms. The number of hydrogen-bond donors (Lipinski definition) is 2. The lowest BCUT2D eigenvalue weighted by Gasteiger charge is -2.19. The Labute approximate surface area is 196 Å². The van der Waals surface area contributed by atoms with Crippen molar-refractivity contribution in [1.29, 1.82) is 0 Å². The molecule has 0 amide bonds. The molecule has 4 rings (SSSR count). The number of fused-ring (bicyclic) bond motifs is 1. The average Bonchev–Trinajstić information content (AvgIpc) is 3.23. The highest BCUT2D eigenvalue weighted by molar-refractivity contribution is 7.97. The molecule has 0 aliphatic heterocycles. The molecule has 34 heavy (non-hydrogen) atoms. The Morgan fingerprint density at radius 2 is 1.65 bits per heavy atom. The normalized spacial score (nSPS) is 12.3. The Bertz CT molecular complexity index is 1270. The first-order valence-electron chi connectivity index (χ1n) is 10.3. The van der Waals surface area contributed by atoms with Crippen LogP contribution in [0.4, 0.5) is 22.0 Å². The summed E-state index contributed by atoms with van der Waals surface area (Å²) >= 11 is 1.19. The van der Waals surface area contributed by atoms with Crippen molar-refractivity contribution in [1.82, 2.24) is 9.97 Å². The highest BCUT2D eigenvalue weighted by Gasteiger charge is 2.58. The number of alkyl halides is 5. The van der Waals surface area contributed by atoms with E-state index in [0.717, 1.165) is 38.4 Å². The summed E-state index contributed by atoms with van der Waals surface area (Å²) in [5.41, 5.74) is 4.61. The first kappa shape index (κ1) is 24.0. The molecule has 0 atom stereocenters. The lowest BCUT2D eigenvalue weighted by Crippen LogP contribution is -2.41. The number of benzene rings is 3. The lowest BCUT2D eigenvalue weighted by atomic mass is 10.1. The number of nitrogens with two attached hydrogens (primary N) is 1. The first-order chi connectivity index (χ1) is 16.2. The molecular weight excluding hydrogens is 473 g/mol. The van der Waals surface area contributed by atoms with Gasteiger partial charge >= 0.3 is 12.1 Å². The highest BCUT2D eigenvalue weighted by atomic mass is 32.2. The van der Waals surface area contributed by atoms with Crippen LogP contribution in [0.2, 0.25) is 0 Å². The molecule has 0 aliphatic carbocycles. The van der Waals surface area contributed by atoms with Gasteiger partial charge in [0, 0.05) is 11.3 Å². The molecule has 3 aromatic carbocycles. The molecule has 0 radical (unpaired) electrons. The molecule has 4 nitrogen and oxygen atoms in total. The van der Waals surface area contributed by atoms with Gasteiger partial charge in [-0.2, -0.15) is 22.0 Å². The number of aryl methyl sites for hydroxylation is 2. The minimum Gasteiger partial charge on any atom is -0.487 e. The maximum atomic E-state index is 13.0. The van der Waals surface area contributed by atoms with Crippen LogP contribution in [0.15, 0.2) is 71.6 Å². The van der Waals surface area contributed by atoms with Crippen LogP contribution in [0.3, 0.4) is 0 Å². The minimum atomic E-state index is -5.65. The van der Waals surface area contributed by atoms with E-state index in [1.165, 1.54) is 24.1 Å². The third kappa shape index (κ3) is 5.34. The van der Waals surface area contributed by atoms with Crippen molar-refractivity contribution in [3.63, 3.8) is 0 Å². The molecule has 1 aromatic heterocycles. The monoisotopic (exact) mass is 493 g/mol. The van der Waals surface area contributed by atoms with E-state index in [2.05, 4.69) is 14.7 Å². The van der Waals surface area contributed by atoms with Gasteiger partial charge < -0.3 is 9.72 Å². The molecule has 0 saturated heterocycles. The SMILES string of the molecule is NSc1ccccc1-c1ccc2[nH]c(CCc3ccc(OCC(F)(F)C(F)(F)F)cc3)nc2c1. The summed E-state index contributed by atoms with van der Waals surface area (Å²) in [6.45, 7) is -1.76. The summed E-state index contributed by atoms with van der Waals surface area (Å²) in [4.78, 5) is 8.90. The first-order valence-corrected chi connectivity index (χ1v) is 11.2. The Morgan fingerprint density at radius 1 is 0.912 bits per heavy atom. The number of imidazole rings is 1. The van der Waals surface area contributed by atoms with Crippen LogP contribution in [0, 0.1) is 0 Å². The number of aromatic amines is 1. The maximum absolute atomic E-state index is 13.0. The smallest absolute Gasteiger partial charge is 0.456 e. The molecular formula is C24H20F5N3OS. The third-order valence-electron chi connectivity index (χ3n) is 5.27. The summed E-state index contributed by atoms with van der Waals surface area (Å²) in [5.74, 6) is -4.18. The van der Waals surface area contributed by atoms with Gasteiger partial charge in [-0.1, -0.05) is 36.4 Å². The fourth-order valence-corrected chi connectivity index (χ4v) is 3.89. The van der Waals surface area contributed by atoms with Crippen LogP contribution in [-0.2, 0) is 12.8 Å². The van der Waals surface area contributed by atoms with E-state index in [0.29, 0.717) is 12.8 Å². The quantitative estimate of drug-likeness (QED) is 0.216. The zero-order chi connectivity index (χ0) is 24.3. The number of ether oxygens (including phenoxy) is 1. The number of H-pyrrole nitrogens is 1. The number of rotatable bonds is 8. The van der Waals surface area contributed by atoms with Gasteiger partial charge in [-0.25, -0.2) is 4.98 Å². The highest BCUT2D eigenvalue weighted by Crippen LogP contribution is 2.36. The molecule has 0 aliphatic rings. The van der Waals surface area contributed by atoms with E-state index in [-0.39, 0.29) is 5.75 Å². The van der Waals surface area contributed by atoms with Crippen LogP contribution in [0.1, 0.15) is 11.4 Å².